The average Bonchev–Trinajstić information content (AvgIpc) is 3.40. The Morgan fingerprint density at radius 2 is 0.711 bits per heavy atom. The summed E-state index contributed by atoms with van der Waals surface area (Å²) in [5, 5.41) is 0. The largest absolute Gasteiger partial charge is 0.465 e. The van der Waals surface area contributed by atoms with E-state index >= 15 is 0 Å². The number of methoxy groups -OCH3 is 1. The van der Waals surface area contributed by atoms with Crippen LogP contribution in [0.3, 0.4) is 0 Å². The van der Waals surface area contributed by atoms with Crippen LogP contribution in [-0.2, 0) is 62.0 Å². The molecule has 0 saturated carbocycles. The molecule has 1 amide bonds. The smallest absolute Gasteiger partial charge is 0.305 e. The first kappa shape index (κ1) is 77.0. The molecule has 1 atom stereocenters. The molecule has 0 aromatic carbocycles. The highest BCUT2D eigenvalue weighted by Crippen LogP contribution is 2.13. The number of aldehydes is 1. The Kier molecular flexibility index (Phi) is 63.4. The lowest BCUT2D eigenvalue weighted by Gasteiger charge is -2.19. The zero-order valence-corrected chi connectivity index (χ0v) is 50.6. The van der Waals surface area contributed by atoms with Gasteiger partial charge in [-0.25, -0.2) is 0 Å². The summed E-state index contributed by atoms with van der Waals surface area (Å²) in [5.74, 6) is -1.29. The molecular weight excluding hydrogens is 989 g/mol. The number of hydrogen-bond acceptors (Lipinski definition) is 15. The fourth-order valence-corrected chi connectivity index (χ4v) is 8.11. The van der Waals surface area contributed by atoms with Gasteiger partial charge >= 0.3 is 29.8 Å². The maximum Gasteiger partial charge on any atom is 0.305 e. The van der Waals surface area contributed by atoms with Gasteiger partial charge in [-0.05, 0) is 77.6 Å². The first-order valence-electron chi connectivity index (χ1n) is 29.9. The van der Waals surface area contributed by atoms with Crippen molar-refractivity contribution in [2.75, 3.05) is 92.5 Å². The van der Waals surface area contributed by atoms with E-state index in [1.165, 1.54) is 94.9 Å². The highest BCUT2D eigenvalue weighted by Gasteiger charge is 2.19. The topological polar surface area (TPSA) is 181 Å². The number of nitrogens with zero attached hydrogens (tertiary/aromatic N) is 2. The predicted octanol–water partition coefficient (Wildman–Crippen LogP) is 13.1. The summed E-state index contributed by atoms with van der Waals surface area (Å²) >= 11 is 1.92. The van der Waals surface area contributed by atoms with Gasteiger partial charge in [-0.15, -0.1) is 0 Å². The van der Waals surface area contributed by atoms with Crippen LogP contribution in [0.5, 0.6) is 0 Å². The number of amides is 1. The second-order valence-corrected chi connectivity index (χ2v) is 21.4. The summed E-state index contributed by atoms with van der Waals surface area (Å²) in [7, 11) is 5.76. The van der Waals surface area contributed by atoms with Gasteiger partial charge in [0.25, 0.3) is 0 Å². The maximum absolute atomic E-state index is 12.6. The van der Waals surface area contributed by atoms with E-state index in [2.05, 4.69) is 52.9 Å². The van der Waals surface area contributed by atoms with Gasteiger partial charge in [-0.1, -0.05) is 156 Å². The molecule has 0 aliphatic heterocycles. The van der Waals surface area contributed by atoms with E-state index in [-0.39, 0.29) is 76.3 Å². The van der Waals surface area contributed by atoms with Crippen LogP contribution in [0.15, 0.2) is 0 Å². The minimum atomic E-state index is -0.494. The minimum absolute atomic E-state index is 0.0204. The van der Waals surface area contributed by atoms with Crippen molar-refractivity contribution in [2.45, 2.75) is 240 Å². The van der Waals surface area contributed by atoms with Crippen molar-refractivity contribution in [1.82, 2.24) is 9.80 Å². The summed E-state index contributed by atoms with van der Waals surface area (Å²) < 4.78 is 32.4. The highest BCUT2D eigenvalue weighted by molar-refractivity contribution is 7.98. The molecule has 0 aliphatic carbocycles. The summed E-state index contributed by atoms with van der Waals surface area (Å²) in [6.07, 6.45) is 34.6. The third-order valence-electron chi connectivity index (χ3n) is 12.4. The fraction of sp³-hybridized carbons (Fsp3) is 0.883. The Bertz CT molecular complexity index is 1310. The molecular formula is C60H114N2O13S. The monoisotopic (exact) mass is 1100 g/mol. The molecule has 0 aliphatic rings. The first-order valence-corrected chi connectivity index (χ1v) is 31.3. The molecule has 448 valence electrons. The van der Waals surface area contributed by atoms with Crippen LogP contribution in [0, 0.1) is 11.8 Å². The number of rotatable bonds is 53. The van der Waals surface area contributed by atoms with E-state index in [1.807, 2.05) is 11.8 Å². The molecule has 0 spiro atoms. The van der Waals surface area contributed by atoms with Crippen molar-refractivity contribution >= 4 is 54.3 Å². The van der Waals surface area contributed by atoms with Gasteiger partial charge in [0.1, 0.15) is 26.1 Å². The van der Waals surface area contributed by atoms with E-state index in [9.17, 15) is 33.6 Å². The van der Waals surface area contributed by atoms with E-state index in [0.29, 0.717) is 51.6 Å². The van der Waals surface area contributed by atoms with Gasteiger partial charge in [-0.2, -0.15) is 11.8 Å². The highest BCUT2D eigenvalue weighted by atomic mass is 32.2. The lowest BCUT2D eigenvalue weighted by molar-refractivity contribution is -0.154. The first-order chi connectivity index (χ1) is 36.9. The zero-order chi connectivity index (χ0) is 57.0. The average molecular weight is 1100 g/mol. The molecule has 0 N–H and O–H groups in total. The van der Waals surface area contributed by atoms with E-state index in [4.69, 9.17) is 28.4 Å². The Morgan fingerprint density at radius 1 is 0.408 bits per heavy atom. The molecule has 76 heavy (non-hydrogen) atoms. The summed E-state index contributed by atoms with van der Waals surface area (Å²) in [6, 6.07) is 0. The van der Waals surface area contributed by atoms with Crippen molar-refractivity contribution in [1.29, 1.82) is 0 Å². The van der Waals surface area contributed by atoms with Crippen LogP contribution >= 0.6 is 11.8 Å². The number of unbranched alkanes of at least 4 members (excludes halogenated alkanes) is 21. The maximum atomic E-state index is 12.6. The predicted molar refractivity (Wildman–Crippen MR) is 309 cm³/mol. The quantitative estimate of drug-likeness (QED) is 0.0243. The molecule has 0 aromatic heterocycles. The molecule has 0 saturated heterocycles. The number of carbonyl (C=O) groups excluding carboxylic acids is 7. The number of hydrogen-bond donors (Lipinski definition) is 0. The SMILES string of the molecule is CCCCCCCCC(=O)OCC(COC)COC(=O)CCCN(C=O)CCCC(=O)OCC(COC(=O)CCCCCCCC)COC(=O)CCCCCCCC.CCCCCCCCC=O.CSCCCN(C)C. The Hall–Kier alpha value is -3.24. The van der Waals surface area contributed by atoms with Gasteiger partial charge in [-0.3, -0.25) is 28.8 Å². The van der Waals surface area contributed by atoms with E-state index in [0.717, 1.165) is 103 Å². The number of esters is 5. The molecule has 16 heteroatoms. The molecule has 0 aromatic rings. The fourth-order valence-electron chi connectivity index (χ4n) is 7.69. The van der Waals surface area contributed by atoms with Gasteiger partial charge in [0, 0.05) is 58.7 Å². The van der Waals surface area contributed by atoms with Crippen molar-refractivity contribution in [3.05, 3.63) is 0 Å². The second-order valence-electron chi connectivity index (χ2n) is 20.4. The summed E-state index contributed by atoms with van der Waals surface area (Å²) in [5.41, 5.74) is 0. The van der Waals surface area contributed by atoms with Crippen LogP contribution in [0.1, 0.15) is 240 Å². The summed E-state index contributed by atoms with van der Waals surface area (Å²) in [4.78, 5) is 87.1. The number of ether oxygens (including phenoxy) is 6. The molecule has 0 bridgehead atoms. The van der Waals surface area contributed by atoms with Gasteiger partial charge < -0.3 is 43.0 Å². The van der Waals surface area contributed by atoms with Crippen LogP contribution < -0.4 is 0 Å². The Labute approximate surface area is 468 Å². The standard InChI is InChI=1S/C45H81NO12.C9H18O.C6H15NS/c1-5-8-11-14-17-20-25-41(48)54-33-39(32-53-4)34-55-44(51)28-23-30-46(38-47)31-24-29-45(52)58-37-40(35-56-42(49)26-21-18-15-12-9-6-2)36-57-43(50)27-22-19-16-13-10-7-3;1-2-3-4-5-6-7-8-9-10;1-7(2)5-4-6-8-3/h38-40H,5-37H2,1-4H3;9H,2-8H2,1H3;4-6H2,1-3H3. The third-order valence-corrected chi connectivity index (χ3v) is 13.1. The molecule has 0 radical (unpaired) electrons. The normalized spacial score (nSPS) is 11.2. The lowest BCUT2D eigenvalue weighted by Crippen LogP contribution is -2.28. The lowest BCUT2D eigenvalue weighted by atomic mass is 10.1. The second kappa shape index (κ2) is 62.6. The molecule has 0 fully saturated rings. The molecule has 0 rings (SSSR count). The van der Waals surface area contributed by atoms with Crippen LogP contribution in [0.25, 0.3) is 0 Å². The van der Waals surface area contributed by atoms with Crippen LogP contribution in [-0.4, -0.2) is 145 Å². The van der Waals surface area contributed by atoms with E-state index in [1.54, 1.807) is 0 Å². The molecule has 1 unspecified atom stereocenters. The van der Waals surface area contributed by atoms with Crippen molar-refractivity contribution in [2.24, 2.45) is 11.8 Å². The Morgan fingerprint density at radius 3 is 1.00 bits per heavy atom. The van der Waals surface area contributed by atoms with Crippen molar-refractivity contribution < 1.29 is 62.0 Å². The number of carbonyl (C=O) groups is 7. The number of thioether (sulfide) groups is 1. The minimum Gasteiger partial charge on any atom is -0.465 e. The van der Waals surface area contributed by atoms with Crippen molar-refractivity contribution in [3.63, 3.8) is 0 Å². The summed E-state index contributed by atoms with van der Waals surface area (Å²) in [6.45, 7) is 10.9. The molecule has 0 heterocycles. The molecule has 15 nitrogen and oxygen atoms in total. The van der Waals surface area contributed by atoms with Gasteiger partial charge in [0.05, 0.1) is 31.7 Å². The van der Waals surface area contributed by atoms with E-state index < -0.39 is 17.9 Å². The third kappa shape index (κ3) is 61.6. The van der Waals surface area contributed by atoms with Crippen LogP contribution in [0.2, 0.25) is 0 Å². The van der Waals surface area contributed by atoms with Crippen molar-refractivity contribution in [3.8, 4) is 0 Å². The van der Waals surface area contributed by atoms with Gasteiger partial charge in [0.15, 0.2) is 0 Å². The van der Waals surface area contributed by atoms with Gasteiger partial charge in [0.2, 0.25) is 6.41 Å². The van der Waals surface area contributed by atoms with Crippen LogP contribution in [0.4, 0.5) is 0 Å². The Balaban J connectivity index is -0.00000249. The zero-order valence-electron chi connectivity index (χ0n) is 49.8.